The number of aromatic hydroxyl groups is 1. The molecule has 20 heavy (non-hydrogen) atoms. The first-order chi connectivity index (χ1) is 9.56. The van der Waals surface area contributed by atoms with E-state index >= 15 is 0 Å². The number of phenols is 1. The van der Waals surface area contributed by atoms with Crippen LogP contribution in [-0.4, -0.2) is 35.3 Å². The lowest BCUT2D eigenvalue weighted by atomic mass is 10.0. The van der Waals surface area contributed by atoms with Crippen LogP contribution in [0, 0.1) is 5.92 Å². The van der Waals surface area contributed by atoms with Crippen molar-refractivity contribution in [3.8, 4) is 5.75 Å². The molecular formula is C15H24N2O3. The van der Waals surface area contributed by atoms with Gasteiger partial charge in [0.15, 0.2) is 0 Å². The topological polar surface area (TPSA) is 95.6 Å². The van der Waals surface area contributed by atoms with Crippen molar-refractivity contribution in [2.24, 2.45) is 11.7 Å². The smallest absolute Gasteiger partial charge is 0.237 e. The van der Waals surface area contributed by atoms with E-state index in [0.29, 0.717) is 19.4 Å². The largest absolute Gasteiger partial charge is 0.508 e. The summed E-state index contributed by atoms with van der Waals surface area (Å²) in [4.78, 5) is 11.9. The molecule has 0 aliphatic carbocycles. The number of nitrogens with one attached hydrogen (secondary N) is 1. The van der Waals surface area contributed by atoms with Crippen LogP contribution in [0.1, 0.15) is 25.3 Å². The number of carbonyl (C=O) groups is 1. The Morgan fingerprint density at radius 2 is 2.00 bits per heavy atom. The minimum Gasteiger partial charge on any atom is -0.508 e. The summed E-state index contributed by atoms with van der Waals surface area (Å²) in [5.41, 5.74) is 6.78. The number of rotatable bonds is 8. The molecule has 0 radical (unpaired) electrons. The highest BCUT2D eigenvalue weighted by Gasteiger charge is 2.15. The number of nitrogens with two attached hydrogens (primary N) is 1. The number of aliphatic hydroxyl groups excluding tert-OH is 1. The number of amides is 1. The molecular weight excluding hydrogens is 256 g/mol. The fourth-order valence-corrected chi connectivity index (χ4v) is 1.99. The monoisotopic (exact) mass is 280 g/mol. The van der Waals surface area contributed by atoms with Gasteiger partial charge < -0.3 is 21.3 Å². The quantitative estimate of drug-likeness (QED) is 0.566. The molecule has 1 aromatic rings. The molecule has 5 N–H and O–H groups in total. The summed E-state index contributed by atoms with van der Waals surface area (Å²) in [7, 11) is 0. The van der Waals surface area contributed by atoms with Crippen LogP contribution in [0.5, 0.6) is 5.75 Å². The van der Waals surface area contributed by atoms with Crippen LogP contribution in [-0.2, 0) is 11.2 Å². The van der Waals surface area contributed by atoms with E-state index in [1.54, 1.807) is 24.3 Å². The van der Waals surface area contributed by atoms with Crippen molar-refractivity contribution in [2.45, 2.75) is 32.2 Å². The van der Waals surface area contributed by atoms with Crippen molar-refractivity contribution in [1.82, 2.24) is 5.32 Å². The van der Waals surface area contributed by atoms with Crippen LogP contribution >= 0.6 is 0 Å². The lowest BCUT2D eigenvalue weighted by Crippen LogP contribution is -2.43. The second-order valence-corrected chi connectivity index (χ2v) is 5.01. The standard InChI is InChI=1S/C15H24N2O3/c1-2-11(7-8-18)10-17-15(20)14(16)9-12-3-5-13(19)6-4-12/h3-6,11,14,18-19H,2,7-10,16H2,1H3,(H,17,20). The van der Waals surface area contributed by atoms with Crippen LogP contribution < -0.4 is 11.1 Å². The maximum atomic E-state index is 11.9. The zero-order valence-corrected chi connectivity index (χ0v) is 11.9. The van der Waals surface area contributed by atoms with Crippen molar-refractivity contribution < 1.29 is 15.0 Å². The molecule has 0 aliphatic heterocycles. The number of phenolic OH excluding ortho intramolecular Hbond substituents is 1. The molecule has 0 spiro atoms. The first kappa shape index (κ1) is 16.5. The lowest BCUT2D eigenvalue weighted by Gasteiger charge is -2.17. The number of hydrogen-bond acceptors (Lipinski definition) is 4. The van der Waals surface area contributed by atoms with Gasteiger partial charge in [0.05, 0.1) is 6.04 Å². The molecule has 1 amide bonds. The minimum absolute atomic E-state index is 0.133. The van der Waals surface area contributed by atoms with Gasteiger partial charge in [0.1, 0.15) is 5.75 Å². The van der Waals surface area contributed by atoms with Gasteiger partial charge in [-0.3, -0.25) is 4.79 Å². The minimum atomic E-state index is -0.605. The van der Waals surface area contributed by atoms with E-state index in [0.717, 1.165) is 12.0 Å². The summed E-state index contributed by atoms with van der Waals surface area (Å²) in [5.74, 6) is 0.292. The third-order valence-corrected chi connectivity index (χ3v) is 3.41. The van der Waals surface area contributed by atoms with E-state index in [-0.39, 0.29) is 24.2 Å². The molecule has 5 heteroatoms. The van der Waals surface area contributed by atoms with Crippen molar-refractivity contribution in [3.63, 3.8) is 0 Å². The number of benzene rings is 1. The Balaban J connectivity index is 2.40. The molecule has 0 saturated heterocycles. The van der Waals surface area contributed by atoms with Crippen LogP contribution in [0.3, 0.4) is 0 Å². The molecule has 5 nitrogen and oxygen atoms in total. The molecule has 0 heterocycles. The van der Waals surface area contributed by atoms with E-state index in [1.807, 2.05) is 6.92 Å². The predicted molar refractivity (Wildman–Crippen MR) is 78.3 cm³/mol. The SMILES string of the molecule is CCC(CCO)CNC(=O)C(N)Cc1ccc(O)cc1. The fourth-order valence-electron chi connectivity index (χ4n) is 1.99. The average Bonchev–Trinajstić information content (AvgIpc) is 2.45. The maximum Gasteiger partial charge on any atom is 0.237 e. The van der Waals surface area contributed by atoms with Gasteiger partial charge in [-0.05, 0) is 36.5 Å². The van der Waals surface area contributed by atoms with E-state index in [1.165, 1.54) is 0 Å². The highest BCUT2D eigenvalue weighted by Crippen LogP contribution is 2.11. The number of hydrogen-bond donors (Lipinski definition) is 4. The Morgan fingerprint density at radius 1 is 1.35 bits per heavy atom. The Hall–Kier alpha value is -1.59. The second-order valence-electron chi connectivity index (χ2n) is 5.01. The van der Waals surface area contributed by atoms with Gasteiger partial charge in [0.25, 0.3) is 0 Å². The van der Waals surface area contributed by atoms with Crippen LogP contribution in [0.25, 0.3) is 0 Å². The average molecular weight is 280 g/mol. The van der Waals surface area contributed by atoms with Crippen molar-refractivity contribution >= 4 is 5.91 Å². The molecule has 0 fully saturated rings. The first-order valence-electron chi connectivity index (χ1n) is 6.98. The Kier molecular flexibility index (Phi) is 7.04. The highest BCUT2D eigenvalue weighted by molar-refractivity contribution is 5.81. The fraction of sp³-hybridized carbons (Fsp3) is 0.533. The Labute approximate surface area is 119 Å². The first-order valence-corrected chi connectivity index (χ1v) is 6.98. The summed E-state index contributed by atoms with van der Waals surface area (Å²) >= 11 is 0. The zero-order chi connectivity index (χ0) is 15.0. The summed E-state index contributed by atoms with van der Waals surface area (Å²) in [6.45, 7) is 2.70. The van der Waals surface area contributed by atoms with Gasteiger partial charge in [-0.25, -0.2) is 0 Å². The van der Waals surface area contributed by atoms with E-state index in [4.69, 9.17) is 10.8 Å². The van der Waals surface area contributed by atoms with E-state index < -0.39 is 6.04 Å². The van der Waals surface area contributed by atoms with Gasteiger partial charge in [-0.15, -0.1) is 0 Å². The third kappa shape index (κ3) is 5.59. The van der Waals surface area contributed by atoms with Gasteiger partial charge in [-0.2, -0.15) is 0 Å². The van der Waals surface area contributed by atoms with Gasteiger partial charge in [0.2, 0.25) is 5.91 Å². The van der Waals surface area contributed by atoms with Gasteiger partial charge in [-0.1, -0.05) is 25.5 Å². The van der Waals surface area contributed by atoms with Gasteiger partial charge >= 0.3 is 0 Å². The normalized spacial score (nSPS) is 13.8. The summed E-state index contributed by atoms with van der Waals surface area (Å²) in [6.07, 6.45) is 2.03. The maximum absolute atomic E-state index is 11.9. The van der Waals surface area contributed by atoms with E-state index in [2.05, 4.69) is 5.32 Å². The highest BCUT2D eigenvalue weighted by atomic mass is 16.3. The number of aliphatic hydroxyl groups is 1. The predicted octanol–water partition coefficient (Wildman–Crippen LogP) is 0.787. The van der Waals surface area contributed by atoms with Gasteiger partial charge in [0, 0.05) is 13.2 Å². The van der Waals surface area contributed by atoms with E-state index in [9.17, 15) is 9.90 Å². The summed E-state index contributed by atoms with van der Waals surface area (Å²) < 4.78 is 0. The molecule has 112 valence electrons. The van der Waals surface area contributed by atoms with Crippen molar-refractivity contribution in [3.05, 3.63) is 29.8 Å². The number of carbonyl (C=O) groups excluding carboxylic acids is 1. The van der Waals surface area contributed by atoms with Crippen LogP contribution in [0.15, 0.2) is 24.3 Å². The zero-order valence-electron chi connectivity index (χ0n) is 11.9. The molecule has 0 bridgehead atoms. The lowest BCUT2D eigenvalue weighted by molar-refractivity contribution is -0.122. The molecule has 2 unspecified atom stereocenters. The molecule has 0 aromatic heterocycles. The Morgan fingerprint density at radius 3 is 2.55 bits per heavy atom. The van der Waals surface area contributed by atoms with Crippen LogP contribution in [0.2, 0.25) is 0 Å². The molecule has 2 atom stereocenters. The Bertz CT molecular complexity index is 406. The summed E-state index contributed by atoms with van der Waals surface area (Å²) in [6, 6.07) is 6.06. The van der Waals surface area contributed by atoms with Crippen molar-refractivity contribution in [2.75, 3.05) is 13.2 Å². The summed E-state index contributed by atoms with van der Waals surface area (Å²) in [5, 5.41) is 20.9. The molecule has 1 aromatic carbocycles. The molecule has 0 aliphatic rings. The second kappa shape index (κ2) is 8.55. The van der Waals surface area contributed by atoms with Crippen molar-refractivity contribution in [1.29, 1.82) is 0 Å². The van der Waals surface area contributed by atoms with Crippen LogP contribution in [0.4, 0.5) is 0 Å². The third-order valence-electron chi connectivity index (χ3n) is 3.41. The molecule has 1 rings (SSSR count). The molecule has 0 saturated carbocycles.